The molecule has 0 heterocycles. The average Bonchev–Trinajstić information content (AvgIpc) is 2.27. The number of hydrogen-bond acceptors (Lipinski definition) is 4. The third-order valence-corrected chi connectivity index (χ3v) is 3.44. The Hall–Kier alpha value is -1.59. The molecule has 0 unspecified atom stereocenters. The van der Waals surface area contributed by atoms with Crippen LogP contribution in [0, 0.1) is 17.8 Å². The second-order valence-electron chi connectivity index (χ2n) is 4.68. The maximum Gasteiger partial charge on any atom is 0.306 e. The molecule has 6 nitrogen and oxygen atoms in total. The van der Waals surface area contributed by atoms with Gasteiger partial charge in [-0.3, -0.25) is 14.4 Å². The fourth-order valence-electron chi connectivity index (χ4n) is 2.49. The lowest BCUT2D eigenvalue weighted by molar-refractivity contribution is -0.152. The van der Waals surface area contributed by atoms with Crippen molar-refractivity contribution in [2.45, 2.75) is 32.6 Å². The van der Waals surface area contributed by atoms with E-state index in [1.807, 2.05) is 0 Å². The Balaban J connectivity index is 2.57. The van der Waals surface area contributed by atoms with Crippen LogP contribution in [0.25, 0.3) is 0 Å². The van der Waals surface area contributed by atoms with E-state index in [0.717, 1.165) is 0 Å². The quantitative estimate of drug-likeness (QED) is 0.717. The summed E-state index contributed by atoms with van der Waals surface area (Å²) in [4.78, 5) is 32.6. The number of carbonyl (C=O) groups is 3. The smallest absolute Gasteiger partial charge is 0.306 e. The number of rotatable bonds is 5. The minimum absolute atomic E-state index is 0.149. The van der Waals surface area contributed by atoms with Crippen LogP contribution >= 0.6 is 0 Å². The molecule has 2 N–H and O–H groups in total. The van der Waals surface area contributed by atoms with E-state index in [1.165, 1.54) is 6.92 Å². The van der Waals surface area contributed by atoms with Crippen molar-refractivity contribution in [3.8, 4) is 0 Å². The van der Waals surface area contributed by atoms with Crippen molar-refractivity contribution in [3.05, 3.63) is 0 Å². The van der Waals surface area contributed by atoms with Gasteiger partial charge in [0.05, 0.1) is 18.4 Å². The van der Waals surface area contributed by atoms with Crippen molar-refractivity contribution >= 4 is 17.9 Å². The Morgan fingerprint density at radius 1 is 1.17 bits per heavy atom. The molecular formula is C12H18O6. The van der Waals surface area contributed by atoms with E-state index in [4.69, 9.17) is 14.9 Å². The highest BCUT2D eigenvalue weighted by Crippen LogP contribution is 2.36. The summed E-state index contributed by atoms with van der Waals surface area (Å²) in [6, 6.07) is 0. The molecule has 102 valence electrons. The molecule has 0 bridgehead atoms. The van der Waals surface area contributed by atoms with Gasteiger partial charge in [-0.15, -0.1) is 0 Å². The second-order valence-corrected chi connectivity index (χ2v) is 4.68. The van der Waals surface area contributed by atoms with Crippen molar-refractivity contribution in [1.82, 2.24) is 0 Å². The van der Waals surface area contributed by atoms with Crippen molar-refractivity contribution in [2.75, 3.05) is 6.61 Å². The topological polar surface area (TPSA) is 101 Å². The van der Waals surface area contributed by atoms with Crippen LogP contribution in [0.3, 0.4) is 0 Å². The first-order chi connectivity index (χ1) is 8.41. The zero-order valence-electron chi connectivity index (χ0n) is 10.3. The molecule has 3 atom stereocenters. The number of carboxylic acid groups (broad SMARTS) is 2. The van der Waals surface area contributed by atoms with Gasteiger partial charge in [0.2, 0.25) is 0 Å². The van der Waals surface area contributed by atoms with Crippen LogP contribution in [0.4, 0.5) is 0 Å². The van der Waals surface area contributed by atoms with E-state index in [9.17, 15) is 14.4 Å². The molecular weight excluding hydrogens is 240 g/mol. The lowest BCUT2D eigenvalue weighted by Gasteiger charge is -2.31. The van der Waals surface area contributed by atoms with Crippen LogP contribution in [0.1, 0.15) is 32.6 Å². The summed E-state index contributed by atoms with van der Waals surface area (Å²) in [5.74, 6) is -3.44. The number of hydrogen-bond donors (Lipinski definition) is 2. The molecule has 0 spiro atoms. The Labute approximate surface area is 105 Å². The van der Waals surface area contributed by atoms with Crippen molar-refractivity contribution in [2.24, 2.45) is 17.8 Å². The normalized spacial score (nSPS) is 27.5. The molecule has 0 aromatic rings. The highest BCUT2D eigenvalue weighted by Gasteiger charge is 2.37. The van der Waals surface area contributed by atoms with Gasteiger partial charge in [-0.2, -0.15) is 0 Å². The number of esters is 1. The number of carbonyl (C=O) groups excluding carboxylic acids is 1. The molecule has 0 aliphatic heterocycles. The molecule has 1 aliphatic carbocycles. The summed E-state index contributed by atoms with van der Waals surface area (Å²) in [7, 11) is 0. The lowest BCUT2D eigenvalue weighted by Crippen LogP contribution is -2.34. The van der Waals surface area contributed by atoms with E-state index in [-0.39, 0.29) is 12.5 Å². The predicted octanol–water partition coefficient (Wildman–Crippen LogP) is 1.14. The molecule has 18 heavy (non-hydrogen) atoms. The summed E-state index contributed by atoms with van der Waals surface area (Å²) in [6.45, 7) is 1.44. The van der Waals surface area contributed by atoms with Gasteiger partial charge in [-0.1, -0.05) is 0 Å². The van der Waals surface area contributed by atoms with Gasteiger partial charge < -0.3 is 14.9 Å². The molecule has 0 radical (unpaired) electrons. The molecule has 6 heteroatoms. The van der Waals surface area contributed by atoms with Crippen LogP contribution in [-0.2, 0) is 19.1 Å². The SMILES string of the molecule is CC(=O)OCC[C@@H]1C[C@@H](C(=O)O)CC[C@H]1C(=O)O. The standard InChI is InChI=1S/C12H18O6/c1-7(13)18-5-4-8-6-9(11(14)15)2-3-10(8)12(16)17/h8-10H,2-6H2,1H3,(H,14,15)(H,16,17)/t8-,9+,10-/m1/s1. The van der Waals surface area contributed by atoms with Crippen LogP contribution in [0.2, 0.25) is 0 Å². The summed E-state index contributed by atoms with van der Waals surface area (Å²) in [5, 5.41) is 18.0. The Kier molecular flexibility index (Phi) is 5.12. The van der Waals surface area contributed by atoms with Gasteiger partial charge in [-0.05, 0) is 31.6 Å². The zero-order valence-corrected chi connectivity index (χ0v) is 10.3. The van der Waals surface area contributed by atoms with Crippen molar-refractivity contribution in [1.29, 1.82) is 0 Å². The maximum absolute atomic E-state index is 11.1. The molecule has 1 fully saturated rings. The van der Waals surface area contributed by atoms with Crippen LogP contribution < -0.4 is 0 Å². The van der Waals surface area contributed by atoms with Gasteiger partial charge in [-0.25, -0.2) is 0 Å². The molecule has 0 aromatic heterocycles. The number of ether oxygens (including phenoxy) is 1. The summed E-state index contributed by atoms with van der Waals surface area (Å²) >= 11 is 0. The van der Waals surface area contributed by atoms with E-state index in [2.05, 4.69) is 0 Å². The average molecular weight is 258 g/mol. The number of aliphatic carboxylic acids is 2. The van der Waals surface area contributed by atoms with Crippen LogP contribution in [0.5, 0.6) is 0 Å². The summed E-state index contributed by atoms with van der Waals surface area (Å²) < 4.78 is 4.79. The molecule has 1 aliphatic rings. The molecule has 0 aromatic carbocycles. The highest BCUT2D eigenvalue weighted by atomic mass is 16.5. The van der Waals surface area contributed by atoms with Crippen molar-refractivity contribution < 1.29 is 29.3 Å². The molecule has 0 amide bonds. The first-order valence-electron chi connectivity index (χ1n) is 6.00. The largest absolute Gasteiger partial charge is 0.481 e. The van der Waals surface area contributed by atoms with Gasteiger partial charge >= 0.3 is 17.9 Å². The zero-order chi connectivity index (χ0) is 13.7. The fourth-order valence-corrected chi connectivity index (χ4v) is 2.49. The predicted molar refractivity (Wildman–Crippen MR) is 60.8 cm³/mol. The van der Waals surface area contributed by atoms with Gasteiger partial charge in [0.1, 0.15) is 0 Å². The van der Waals surface area contributed by atoms with E-state index in [1.54, 1.807) is 0 Å². The second kappa shape index (κ2) is 6.37. The van der Waals surface area contributed by atoms with Crippen molar-refractivity contribution in [3.63, 3.8) is 0 Å². The van der Waals surface area contributed by atoms with Crippen LogP contribution in [-0.4, -0.2) is 34.7 Å². The monoisotopic (exact) mass is 258 g/mol. The Morgan fingerprint density at radius 2 is 1.83 bits per heavy atom. The third kappa shape index (κ3) is 4.01. The fraction of sp³-hybridized carbons (Fsp3) is 0.750. The number of carboxylic acids is 2. The molecule has 1 rings (SSSR count). The highest BCUT2D eigenvalue weighted by molar-refractivity contribution is 5.73. The van der Waals surface area contributed by atoms with E-state index in [0.29, 0.717) is 25.7 Å². The van der Waals surface area contributed by atoms with Crippen LogP contribution in [0.15, 0.2) is 0 Å². The maximum atomic E-state index is 11.1. The Bertz CT molecular complexity index is 337. The lowest BCUT2D eigenvalue weighted by atomic mass is 9.73. The van der Waals surface area contributed by atoms with E-state index >= 15 is 0 Å². The van der Waals surface area contributed by atoms with Gasteiger partial charge in [0, 0.05) is 6.92 Å². The minimum atomic E-state index is -0.897. The first kappa shape index (κ1) is 14.5. The van der Waals surface area contributed by atoms with Gasteiger partial charge in [0.15, 0.2) is 0 Å². The summed E-state index contributed by atoms with van der Waals surface area (Å²) in [6.07, 6.45) is 1.52. The first-order valence-corrected chi connectivity index (χ1v) is 6.00. The van der Waals surface area contributed by atoms with E-state index < -0.39 is 29.7 Å². The minimum Gasteiger partial charge on any atom is -0.481 e. The Morgan fingerprint density at radius 3 is 2.33 bits per heavy atom. The summed E-state index contributed by atoms with van der Waals surface area (Å²) in [5.41, 5.74) is 0. The van der Waals surface area contributed by atoms with Gasteiger partial charge in [0.25, 0.3) is 0 Å². The molecule has 1 saturated carbocycles. The molecule has 0 saturated heterocycles. The third-order valence-electron chi connectivity index (χ3n) is 3.44.